The van der Waals surface area contributed by atoms with Crippen LogP contribution in [0.5, 0.6) is 5.75 Å². The molecule has 1 aliphatic rings. The molecule has 1 atom stereocenters. The zero-order valence-corrected chi connectivity index (χ0v) is 11.7. The van der Waals surface area contributed by atoms with Crippen LogP contribution < -0.4 is 5.32 Å². The molecule has 100 valence electrons. The lowest BCUT2D eigenvalue weighted by Crippen LogP contribution is -2.42. The lowest BCUT2D eigenvalue weighted by molar-refractivity contribution is -0.0699. The second kappa shape index (κ2) is 4.56. The molecule has 1 aromatic rings. The minimum Gasteiger partial charge on any atom is -0.508 e. The molecule has 1 unspecified atom stereocenters. The maximum atomic E-state index is 9.25. The van der Waals surface area contributed by atoms with E-state index < -0.39 is 0 Å². The van der Waals surface area contributed by atoms with Gasteiger partial charge in [-0.1, -0.05) is 12.1 Å². The highest BCUT2D eigenvalue weighted by atomic mass is 16.5. The minimum absolute atomic E-state index is 0.0594. The molecule has 0 aliphatic carbocycles. The van der Waals surface area contributed by atoms with Crippen molar-refractivity contribution in [3.8, 4) is 5.75 Å². The van der Waals surface area contributed by atoms with Crippen LogP contribution in [-0.2, 0) is 11.3 Å². The van der Waals surface area contributed by atoms with Gasteiger partial charge in [0.2, 0.25) is 0 Å². The van der Waals surface area contributed by atoms with Gasteiger partial charge in [0.1, 0.15) is 5.75 Å². The van der Waals surface area contributed by atoms with E-state index in [1.807, 2.05) is 12.1 Å². The van der Waals surface area contributed by atoms with Crippen molar-refractivity contribution in [2.75, 3.05) is 0 Å². The monoisotopic (exact) mass is 249 g/mol. The van der Waals surface area contributed by atoms with Crippen LogP contribution in [0, 0.1) is 0 Å². The normalized spacial score (nSPS) is 25.2. The van der Waals surface area contributed by atoms with E-state index in [0.717, 1.165) is 13.0 Å². The largest absolute Gasteiger partial charge is 0.508 e. The molecule has 1 fully saturated rings. The van der Waals surface area contributed by atoms with Gasteiger partial charge in [0.05, 0.1) is 11.2 Å². The van der Waals surface area contributed by atoms with E-state index in [4.69, 9.17) is 4.74 Å². The topological polar surface area (TPSA) is 41.5 Å². The summed E-state index contributed by atoms with van der Waals surface area (Å²) >= 11 is 0. The summed E-state index contributed by atoms with van der Waals surface area (Å²) in [5.74, 6) is 0.310. The average molecular weight is 249 g/mol. The maximum absolute atomic E-state index is 9.25. The van der Waals surface area contributed by atoms with Crippen LogP contribution in [0.3, 0.4) is 0 Å². The quantitative estimate of drug-likeness (QED) is 0.865. The highest BCUT2D eigenvalue weighted by Crippen LogP contribution is 2.37. The number of aromatic hydroxyl groups is 1. The third-order valence-corrected chi connectivity index (χ3v) is 3.56. The number of phenols is 1. The van der Waals surface area contributed by atoms with Crippen LogP contribution in [0.15, 0.2) is 24.3 Å². The van der Waals surface area contributed by atoms with Gasteiger partial charge in [-0.05, 0) is 51.8 Å². The number of hydrogen-bond donors (Lipinski definition) is 2. The lowest BCUT2D eigenvalue weighted by atomic mass is 9.94. The van der Waals surface area contributed by atoms with Gasteiger partial charge < -0.3 is 15.2 Å². The van der Waals surface area contributed by atoms with Gasteiger partial charge >= 0.3 is 0 Å². The Bertz CT molecular complexity index is 409. The zero-order chi connectivity index (χ0) is 13.4. The van der Waals surface area contributed by atoms with Crippen molar-refractivity contribution in [3.63, 3.8) is 0 Å². The van der Waals surface area contributed by atoms with Gasteiger partial charge in [-0.15, -0.1) is 0 Å². The van der Waals surface area contributed by atoms with Crippen molar-refractivity contribution in [1.29, 1.82) is 0 Å². The first-order valence-corrected chi connectivity index (χ1v) is 6.50. The van der Waals surface area contributed by atoms with Crippen LogP contribution in [0.4, 0.5) is 0 Å². The summed E-state index contributed by atoms with van der Waals surface area (Å²) in [6, 6.07) is 7.67. The highest BCUT2D eigenvalue weighted by molar-refractivity contribution is 5.25. The SMILES string of the molecule is CC1(C)CC(NCc2ccc(O)cc2)C(C)(C)O1. The first-order valence-electron chi connectivity index (χ1n) is 6.50. The summed E-state index contributed by atoms with van der Waals surface area (Å²) in [5.41, 5.74) is 0.976. The van der Waals surface area contributed by atoms with Crippen LogP contribution in [-0.4, -0.2) is 22.4 Å². The number of rotatable bonds is 3. The van der Waals surface area contributed by atoms with Crippen molar-refractivity contribution in [3.05, 3.63) is 29.8 Å². The third-order valence-electron chi connectivity index (χ3n) is 3.56. The summed E-state index contributed by atoms with van der Waals surface area (Å²) in [6.45, 7) is 9.34. The summed E-state index contributed by atoms with van der Waals surface area (Å²) in [6.07, 6.45) is 1.01. The minimum atomic E-state index is -0.138. The molecule has 1 saturated heterocycles. The molecule has 2 N–H and O–H groups in total. The fraction of sp³-hybridized carbons (Fsp3) is 0.600. The molecule has 2 rings (SSSR count). The van der Waals surface area contributed by atoms with E-state index >= 15 is 0 Å². The Morgan fingerprint density at radius 1 is 1.22 bits per heavy atom. The van der Waals surface area contributed by atoms with Crippen molar-refractivity contribution in [1.82, 2.24) is 5.32 Å². The molecule has 1 aliphatic heterocycles. The van der Waals surface area contributed by atoms with Crippen molar-refractivity contribution in [2.45, 2.75) is 57.9 Å². The summed E-state index contributed by atoms with van der Waals surface area (Å²) in [7, 11) is 0. The second-order valence-electron chi connectivity index (χ2n) is 6.27. The fourth-order valence-corrected chi connectivity index (χ4v) is 2.74. The van der Waals surface area contributed by atoms with Gasteiger partial charge in [0.15, 0.2) is 0 Å². The zero-order valence-electron chi connectivity index (χ0n) is 11.7. The van der Waals surface area contributed by atoms with Gasteiger partial charge in [-0.3, -0.25) is 0 Å². The summed E-state index contributed by atoms with van der Waals surface area (Å²) in [4.78, 5) is 0. The molecule has 1 aromatic carbocycles. The van der Waals surface area contributed by atoms with Crippen molar-refractivity contribution >= 4 is 0 Å². The summed E-state index contributed by atoms with van der Waals surface area (Å²) in [5, 5.41) is 12.8. The predicted octanol–water partition coefficient (Wildman–Crippen LogP) is 2.83. The summed E-state index contributed by atoms with van der Waals surface area (Å²) < 4.78 is 6.05. The van der Waals surface area contributed by atoms with Crippen molar-refractivity contribution < 1.29 is 9.84 Å². The van der Waals surface area contributed by atoms with E-state index in [-0.39, 0.29) is 11.2 Å². The van der Waals surface area contributed by atoms with Gasteiger partial charge in [0.25, 0.3) is 0 Å². The third kappa shape index (κ3) is 3.03. The maximum Gasteiger partial charge on any atom is 0.115 e. The Kier molecular flexibility index (Phi) is 3.39. The first kappa shape index (κ1) is 13.4. The molecular formula is C15H23NO2. The molecule has 0 saturated carbocycles. The van der Waals surface area contributed by atoms with Crippen molar-refractivity contribution in [2.24, 2.45) is 0 Å². The lowest BCUT2D eigenvalue weighted by Gasteiger charge is -2.28. The van der Waals surface area contributed by atoms with E-state index in [0.29, 0.717) is 11.8 Å². The van der Waals surface area contributed by atoms with E-state index in [1.165, 1.54) is 5.56 Å². The second-order valence-corrected chi connectivity index (χ2v) is 6.27. The number of phenolic OH excluding ortho intramolecular Hbond substituents is 1. The molecule has 3 heteroatoms. The smallest absolute Gasteiger partial charge is 0.115 e. The van der Waals surface area contributed by atoms with Gasteiger partial charge in [-0.25, -0.2) is 0 Å². The van der Waals surface area contributed by atoms with Crippen LogP contribution in [0.25, 0.3) is 0 Å². The van der Waals surface area contributed by atoms with Gasteiger partial charge in [0, 0.05) is 12.6 Å². The Labute approximate surface area is 109 Å². The number of nitrogens with one attached hydrogen (secondary N) is 1. The standard InChI is InChI=1S/C15H23NO2/c1-14(2)9-13(15(3,4)18-14)16-10-11-5-7-12(17)8-6-11/h5-8,13,16-17H,9-10H2,1-4H3. The molecular weight excluding hydrogens is 226 g/mol. The van der Waals surface area contributed by atoms with E-state index in [2.05, 4.69) is 33.0 Å². The highest BCUT2D eigenvalue weighted by Gasteiger charge is 2.45. The van der Waals surface area contributed by atoms with Crippen LogP contribution >= 0.6 is 0 Å². The Balaban J connectivity index is 1.96. The molecule has 0 bridgehead atoms. The molecule has 18 heavy (non-hydrogen) atoms. The molecule has 0 aromatic heterocycles. The van der Waals surface area contributed by atoms with Gasteiger partial charge in [-0.2, -0.15) is 0 Å². The molecule has 0 amide bonds. The molecule has 0 spiro atoms. The first-order chi connectivity index (χ1) is 8.28. The number of hydrogen-bond acceptors (Lipinski definition) is 3. The predicted molar refractivity (Wildman–Crippen MR) is 72.6 cm³/mol. The van der Waals surface area contributed by atoms with E-state index in [1.54, 1.807) is 12.1 Å². The van der Waals surface area contributed by atoms with Crippen LogP contribution in [0.2, 0.25) is 0 Å². The van der Waals surface area contributed by atoms with Crippen LogP contribution in [0.1, 0.15) is 39.7 Å². The Morgan fingerprint density at radius 3 is 2.33 bits per heavy atom. The Morgan fingerprint density at radius 2 is 1.83 bits per heavy atom. The molecule has 3 nitrogen and oxygen atoms in total. The number of benzene rings is 1. The fourth-order valence-electron chi connectivity index (χ4n) is 2.74. The van der Waals surface area contributed by atoms with E-state index in [9.17, 15) is 5.11 Å². The molecule has 1 heterocycles. The average Bonchev–Trinajstić information content (AvgIpc) is 2.45. The Hall–Kier alpha value is -1.06. The number of ether oxygens (including phenoxy) is 1. The molecule has 0 radical (unpaired) electrons.